The number of amides is 1. The summed E-state index contributed by atoms with van der Waals surface area (Å²) in [6.07, 6.45) is 56.9. The minimum Gasteiger partial charge on any atom is -0.469 e. The third-order valence-electron chi connectivity index (χ3n) is 18.3. The van der Waals surface area contributed by atoms with Crippen LogP contribution in [-0.2, 0) is 55.9 Å². The maximum Gasteiger partial charge on any atom is 0.328 e. The zero-order valence-electron chi connectivity index (χ0n) is 63.4. The molecule has 566 valence electrons. The van der Waals surface area contributed by atoms with Gasteiger partial charge in [0.1, 0.15) is 25.3 Å². The number of hydrogen-bond acceptors (Lipinski definition) is 15. The number of allylic oxidation sites excluding steroid dienone is 3. The summed E-state index contributed by atoms with van der Waals surface area (Å²) >= 11 is 0. The van der Waals surface area contributed by atoms with Crippen molar-refractivity contribution in [3.8, 4) is 6.01 Å². The van der Waals surface area contributed by atoms with Gasteiger partial charge in [0.05, 0.1) is 26.7 Å². The molecule has 0 saturated carbocycles. The number of aromatic amines is 1. The van der Waals surface area contributed by atoms with Crippen LogP contribution in [0.25, 0.3) is 11.2 Å². The molecule has 0 saturated heterocycles. The normalized spacial score (nSPS) is 11.8. The fourth-order valence-corrected chi connectivity index (χ4v) is 12.3. The van der Waals surface area contributed by atoms with Crippen molar-refractivity contribution < 1.29 is 47.7 Å². The number of carbonyl (C=O) groups excluding carboxylic acids is 5. The minimum atomic E-state index is -0.410. The molecule has 100 heavy (non-hydrogen) atoms. The number of methoxy groups -OCH3 is 1. The van der Waals surface area contributed by atoms with Crippen LogP contribution in [0.1, 0.15) is 315 Å². The number of benzene rings is 1. The van der Waals surface area contributed by atoms with Gasteiger partial charge in [-0.25, -0.2) is 4.79 Å². The Bertz CT molecular complexity index is 2690. The summed E-state index contributed by atoms with van der Waals surface area (Å²) in [5, 5.41) is 2.99. The smallest absolute Gasteiger partial charge is 0.328 e. The predicted molar refractivity (Wildman–Crippen MR) is 408 cm³/mol. The van der Waals surface area contributed by atoms with Gasteiger partial charge in [-0.1, -0.05) is 236 Å². The van der Waals surface area contributed by atoms with Gasteiger partial charge in [0, 0.05) is 25.7 Å². The number of esters is 4. The lowest BCUT2D eigenvalue weighted by molar-refractivity contribution is -0.143. The van der Waals surface area contributed by atoms with Crippen molar-refractivity contribution in [1.82, 2.24) is 29.3 Å². The van der Waals surface area contributed by atoms with Crippen LogP contribution >= 0.6 is 0 Å². The van der Waals surface area contributed by atoms with E-state index in [2.05, 4.69) is 76.0 Å². The van der Waals surface area contributed by atoms with E-state index >= 15 is 0 Å². The second kappa shape index (κ2) is 61.5. The molecule has 2 heterocycles. The van der Waals surface area contributed by atoms with Crippen molar-refractivity contribution in [3.05, 3.63) is 82.3 Å². The quantitative estimate of drug-likeness (QED) is 0.0233. The highest BCUT2D eigenvalue weighted by molar-refractivity contribution is 5.97. The molecule has 0 unspecified atom stereocenters. The number of anilines is 1. The zero-order chi connectivity index (χ0) is 72.0. The Morgan fingerprint density at radius 3 is 1.31 bits per heavy atom. The second-order valence-corrected chi connectivity index (χ2v) is 27.4. The molecule has 0 radical (unpaired) electrons. The highest BCUT2D eigenvalue weighted by Crippen LogP contribution is 2.23. The van der Waals surface area contributed by atoms with Crippen LogP contribution < -0.4 is 15.7 Å². The first-order valence-corrected chi connectivity index (χ1v) is 39.9. The van der Waals surface area contributed by atoms with Crippen molar-refractivity contribution in [2.24, 2.45) is 0 Å². The van der Waals surface area contributed by atoms with E-state index in [0.717, 1.165) is 192 Å². The van der Waals surface area contributed by atoms with Crippen LogP contribution in [0, 0.1) is 0 Å². The van der Waals surface area contributed by atoms with E-state index in [0.29, 0.717) is 63.3 Å². The van der Waals surface area contributed by atoms with Gasteiger partial charge in [-0.3, -0.25) is 28.5 Å². The fraction of sp³-hybridized carbons (Fsp3) is 0.732. The maximum absolute atomic E-state index is 13.7. The molecule has 18 nitrogen and oxygen atoms in total. The maximum atomic E-state index is 13.7. The standard InChI is InChI=1S/C82H137N7O11/c1-6-10-14-17-26-35-47-65-97-74(91)55-40-29-20-23-32-43-58-87(59-44-33-24-21-30-41-56-75(92)98-66-48-36-27-18-15-11-7-2)62-51-63-88(60-45-34-25-22-31-42-57-76(93)99-67-49-37-28-19-16-12-8-3)61-46-38-39-54-73(90)83-79-78-80(86-81(85-79)100-64-13-9-4)89(82(95)84-78)70-72-53-50-52-71(68-72)69-77(94)96-5/h35-37,47-50,52-53,68H,6-34,38-46,51,54-67,69-70H2,1-5H3,(H,84,95)(H,83,85,86,90)/b47-35+,48-36+,49-37+. The lowest BCUT2D eigenvalue weighted by atomic mass is 10.1. The summed E-state index contributed by atoms with van der Waals surface area (Å²) in [4.78, 5) is 93.9. The number of H-pyrrole nitrogens is 1. The molecule has 0 aliphatic heterocycles. The van der Waals surface area contributed by atoms with E-state index in [1.165, 1.54) is 114 Å². The van der Waals surface area contributed by atoms with Gasteiger partial charge in [0.15, 0.2) is 11.5 Å². The van der Waals surface area contributed by atoms with Crippen molar-refractivity contribution in [2.45, 2.75) is 317 Å². The number of unbranched alkanes of at least 4 members (excludes halogenated alkanes) is 30. The van der Waals surface area contributed by atoms with Crippen LogP contribution in [0.4, 0.5) is 5.82 Å². The van der Waals surface area contributed by atoms with Crippen molar-refractivity contribution in [1.29, 1.82) is 0 Å². The molecular formula is C82H137N7O11. The van der Waals surface area contributed by atoms with Crippen molar-refractivity contribution in [2.75, 3.05) is 78.1 Å². The van der Waals surface area contributed by atoms with Crippen molar-refractivity contribution >= 4 is 46.8 Å². The van der Waals surface area contributed by atoms with E-state index in [1.807, 2.05) is 42.5 Å². The topological polar surface area (TPSA) is 214 Å². The van der Waals surface area contributed by atoms with Crippen LogP contribution in [-0.4, -0.2) is 132 Å². The van der Waals surface area contributed by atoms with Crippen LogP contribution in [0.5, 0.6) is 6.01 Å². The lowest BCUT2D eigenvalue weighted by Crippen LogP contribution is -2.32. The average molecular weight is 1400 g/mol. The van der Waals surface area contributed by atoms with Crippen molar-refractivity contribution in [3.63, 3.8) is 0 Å². The van der Waals surface area contributed by atoms with Gasteiger partial charge < -0.3 is 43.8 Å². The summed E-state index contributed by atoms with van der Waals surface area (Å²) in [5.74, 6) is -0.664. The zero-order valence-corrected chi connectivity index (χ0v) is 63.4. The molecule has 18 heteroatoms. The van der Waals surface area contributed by atoms with Gasteiger partial charge >= 0.3 is 35.6 Å². The Morgan fingerprint density at radius 2 is 0.860 bits per heavy atom. The highest BCUT2D eigenvalue weighted by atomic mass is 16.5. The highest BCUT2D eigenvalue weighted by Gasteiger charge is 2.20. The molecule has 0 bridgehead atoms. The lowest BCUT2D eigenvalue weighted by Gasteiger charge is -2.26. The minimum absolute atomic E-state index is 0.0767. The number of imidazole rings is 1. The van der Waals surface area contributed by atoms with Gasteiger partial charge in [-0.2, -0.15) is 9.97 Å². The molecule has 0 fully saturated rings. The summed E-state index contributed by atoms with van der Waals surface area (Å²) in [7, 11) is 1.36. The van der Waals surface area contributed by atoms with E-state index in [-0.39, 0.29) is 61.0 Å². The largest absolute Gasteiger partial charge is 0.469 e. The number of rotatable bonds is 67. The third kappa shape index (κ3) is 46.4. The van der Waals surface area contributed by atoms with E-state index in [4.69, 9.17) is 23.7 Å². The molecule has 1 amide bonds. The summed E-state index contributed by atoms with van der Waals surface area (Å²) < 4.78 is 28.7. The molecule has 2 aromatic heterocycles. The number of carbonyl (C=O) groups is 5. The van der Waals surface area contributed by atoms with Crippen LogP contribution in [0.3, 0.4) is 0 Å². The Labute approximate surface area is 604 Å². The molecule has 1 aromatic carbocycles. The molecule has 0 atom stereocenters. The first-order chi connectivity index (χ1) is 49.0. The second-order valence-electron chi connectivity index (χ2n) is 27.4. The Balaban J connectivity index is 1.60. The molecule has 0 aliphatic rings. The molecular weight excluding hydrogens is 1260 g/mol. The summed E-state index contributed by atoms with van der Waals surface area (Å²) in [6.45, 7) is 16.6. The molecule has 3 aromatic rings. The SMILES string of the molecule is CCCCCC/C=C/COC(=O)CCCCCCCCN(CCCCCCCCC(=O)OC/C=C/CCCCCC)CCCN(CCCCCCCCC(=O)OC/C=C/CCCCCC)CCCCCC(=O)Nc1nc(OCCCC)nc2c1[nH]c(=O)n2Cc1cccc(CC(=O)OC)c1. The fourth-order valence-electron chi connectivity index (χ4n) is 12.3. The number of nitrogens with zero attached hydrogens (tertiary/aromatic N) is 5. The summed E-state index contributed by atoms with van der Waals surface area (Å²) in [5.41, 5.74) is 1.77. The number of ether oxygens (including phenoxy) is 5. The van der Waals surface area contributed by atoms with Crippen LogP contribution in [0.15, 0.2) is 65.5 Å². The Hall–Kier alpha value is -6.14. The summed E-state index contributed by atoms with van der Waals surface area (Å²) in [6, 6.07) is 7.50. The molecule has 0 aliphatic carbocycles. The predicted octanol–water partition coefficient (Wildman–Crippen LogP) is 19.0. The van der Waals surface area contributed by atoms with E-state index in [1.54, 1.807) is 0 Å². The van der Waals surface area contributed by atoms with E-state index < -0.39 is 5.69 Å². The Morgan fingerprint density at radius 1 is 0.460 bits per heavy atom. The van der Waals surface area contributed by atoms with Gasteiger partial charge in [0.2, 0.25) is 5.91 Å². The molecule has 3 rings (SSSR count). The number of nitrogens with one attached hydrogen (secondary N) is 2. The van der Waals surface area contributed by atoms with Gasteiger partial charge in [0.25, 0.3) is 0 Å². The number of hydrogen-bond donors (Lipinski definition) is 2. The number of aromatic nitrogens is 4. The van der Waals surface area contributed by atoms with Gasteiger partial charge in [-0.15, -0.1) is 0 Å². The van der Waals surface area contributed by atoms with Gasteiger partial charge in [-0.05, 0) is 153 Å². The molecule has 2 N–H and O–H groups in total. The average Bonchev–Trinajstić information content (AvgIpc) is 1.62. The van der Waals surface area contributed by atoms with Crippen LogP contribution in [0.2, 0.25) is 0 Å². The molecule has 0 spiro atoms. The first kappa shape index (κ1) is 88.1. The Kier molecular flexibility index (Phi) is 54.2. The monoisotopic (exact) mass is 1400 g/mol. The number of fused-ring (bicyclic) bond motifs is 1. The van der Waals surface area contributed by atoms with E-state index in [9.17, 15) is 28.8 Å². The first-order valence-electron chi connectivity index (χ1n) is 39.9. The third-order valence-corrected chi connectivity index (χ3v) is 18.3.